The third-order valence-electron chi connectivity index (χ3n) is 6.68. The number of carbonyl (C=O) groups excluding carboxylic acids is 3. The number of hydrogen-bond donors (Lipinski definition) is 0. The predicted molar refractivity (Wildman–Crippen MR) is 146 cm³/mol. The van der Waals surface area contributed by atoms with Crippen LogP contribution in [0.4, 0.5) is 0 Å². The summed E-state index contributed by atoms with van der Waals surface area (Å²) in [6.07, 6.45) is 0.984. The highest BCUT2D eigenvalue weighted by Crippen LogP contribution is 2.18. The van der Waals surface area contributed by atoms with Crippen LogP contribution < -0.4 is 0 Å². The van der Waals surface area contributed by atoms with Crippen LogP contribution in [0.5, 0.6) is 0 Å². The summed E-state index contributed by atoms with van der Waals surface area (Å²) in [6.45, 7) is 7.13. The maximum absolute atomic E-state index is 13.5. The van der Waals surface area contributed by atoms with E-state index in [9.17, 15) is 14.4 Å². The number of fused-ring (bicyclic) bond motifs is 1. The van der Waals surface area contributed by atoms with Gasteiger partial charge in [0, 0.05) is 58.8 Å². The average Bonchev–Trinajstić information content (AvgIpc) is 3.28. The monoisotopic (exact) mass is 515 g/mol. The molecule has 0 N–H and O–H groups in total. The normalized spacial score (nSPS) is 13.3. The minimum absolute atomic E-state index is 0.0252. The third kappa shape index (κ3) is 6.88. The van der Waals surface area contributed by atoms with E-state index in [-0.39, 0.29) is 35.8 Å². The molecule has 3 amide bonds. The Morgan fingerprint density at radius 1 is 0.974 bits per heavy atom. The number of benzene rings is 2. The van der Waals surface area contributed by atoms with Gasteiger partial charge in [-0.1, -0.05) is 74.5 Å². The number of aryl methyl sites for hydroxylation is 1. The van der Waals surface area contributed by atoms with Crippen LogP contribution in [0, 0.1) is 5.92 Å². The molecule has 0 bridgehead atoms. The zero-order valence-corrected chi connectivity index (χ0v) is 22.5. The first-order valence-electron chi connectivity index (χ1n) is 13.3. The molecule has 0 unspecified atom stereocenters. The Hall–Kier alpha value is -3.94. The molecular weight excluding hydrogens is 478 g/mol. The van der Waals surface area contributed by atoms with Gasteiger partial charge in [-0.15, -0.1) is 0 Å². The van der Waals surface area contributed by atoms with Gasteiger partial charge in [0.15, 0.2) is 5.69 Å². The summed E-state index contributed by atoms with van der Waals surface area (Å²) in [6, 6.07) is 21.3. The van der Waals surface area contributed by atoms with Gasteiger partial charge in [-0.05, 0) is 23.5 Å². The number of aromatic nitrogens is 2. The van der Waals surface area contributed by atoms with E-state index in [1.807, 2.05) is 79.4 Å². The van der Waals surface area contributed by atoms with Crippen molar-refractivity contribution in [2.75, 3.05) is 26.7 Å². The van der Waals surface area contributed by atoms with Crippen LogP contribution in [0.2, 0.25) is 0 Å². The Morgan fingerprint density at radius 2 is 1.63 bits per heavy atom. The Bertz CT molecular complexity index is 1240. The van der Waals surface area contributed by atoms with Gasteiger partial charge in [0.1, 0.15) is 5.69 Å². The molecule has 0 saturated heterocycles. The van der Waals surface area contributed by atoms with Crippen LogP contribution in [0.1, 0.15) is 58.8 Å². The summed E-state index contributed by atoms with van der Waals surface area (Å²) in [5.74, 6) is -0.173. The number of rotatable bonds is 10. The second kappa shape index (κ2) is 12.5. The highest BCUT2D eigenvalue weighted by molar-refractivity contribution is 5.98. The van der Waals surface area contributed by atoms with E-state index in [1.54, 1.807) is 27.6 Å². The summed E-state index contributed by atoms with van der Waals surface area (Å²) < 4.78 is 1.66. The largest absolute Gasteiger partial charge is 0.341 e. The maximum atomic E-state index is 13.5. The van der Waals surface area contributed by atoms with E-state index in [1.165, 1.54) is 0 Å². The molecule has 0 aliphatic carbocycles. The molecule has 8 heteroatoms. The first-order chi connectivity index (χ1) is 18.3. The molecule has 4 rings (SSSR count). The zero-order valence-electron chi connectivity index (χ0n) is 22.5. The lowest BCUT2D eigenvalue weighted by molar-refractivity contribution is -0.130. The molecule has 38 heavy (non-hydrogen) atoms. The Kier molecular flexibility index (Phi) is 8.94. The summed E-state index contributed by atoms with van der Waals surface area (Å²) in [5, 5.41) is 4.53. The van der Waals surface area contributed by atoms with Crippen LogP contribution in [0.15, 0.2) is 66.7 Å². The van der Waals surface area contributed by atoms with E-state index in [0.717, 1.165) is 17.5 Å². The fraction of sp³-hybridized carbons (Fsp3) is 0.400. The number of hydrogen-bond acceptors (Lipinski definition) is 4. The van der Waals surface area contributed by atoms with Crippen LogP contribution in [0.3, 0.4) is 0 Å². The lowest BCUT2D eigenvalue weighted by Crippen LogP contribution is -2.38. The fourth-order valence-corrected chi connectivity index (χ4v) is 4.74. The van der Waals surface area contributed by atoms with Gasteiger partial charge in [-0.2, -0.15) is 5.10 Å². The van der Waals surface area contributed by atoms with Crippen molar-refractivity contribution in [2.45, 2.75) is 46.3 Å². The fourth-order valence-electron chi connectivity index (χ4n) is 4.74. The summed E-state index contributed by atoms with van der Waals surface area (Å²) in [5.41, 5.74) is 2.81. The van der Waals surface area contributed by atoms with Gasteiger partial charge in [0.25, 0.3) is 11.8 Å². The second-order valence-electron chi connectivity index (χ2n) is 10.3. The smallest absolute Gasteiger partial charge is 0.274 e. The van der Waals surface area contributed by atoms with Crippen molar-refractivity contribution in [3.8, 4) is 0 Å². The van der Waals surface area contributed by atoms with Crippen LogP contribution in [-0.4, -0.2) is 68.9 Å². The number of carbonyl (C=O) groups is 3. The van der Waals surface area contributed by atoms with Gasteiger partial charge in [0.2, 0.25) is 5.91 Å². The molecule has 1 aliphatic rings. The molecule has 2 heterocycles. The molecule has 0 saturated carbocycles. The molecule has 1 aliphatic heterocycles. The van der Waals surface area contributed by atoms with Gasteiger partial charge < -0.3 is 14.7 Å². The lowest BCUT2D eigenvalue weighted by atomic mass is 10.1. The maximum Gasteiger partial charge on any atom is 0.274 e. The second-order valence-corrected chi connectivity index (χ2v) is 10.3. The van der Waals surface area contributed by atoms with Crippen molar-refractivity contribution in [3.63, 3.8) is 0 Å². The van der Waals surface area contributed by atoms with E-state index >= 15 is 0 Å². The Labute approximate surface area is 224 Å². The molecule has 2 aromatic carbocycles. The van der Waals surface area contributed by atoms with E-state index < -0.39 is 0 Å². The number of amides is 3. The Morgan fingerprint density at radius 3 is 2.29 bits per heavy atom. The highest BCUT2D eigenvalue weighted by Gasteiger charge is 2.28. The first-order valence-corrected chi connectivity index (χ1v) is 13.3. The SMILES string of the molecule is CC(C)CN(CCC(=O)N(C)Cc1ccccc1)C(=O)c1cc2n(n1)CCCN(Cc1ccccc1)C2=O. The van der Waals surface area contributed by atoms with Crippen molar-refractivity contribution in [3.05, 3.63) is 89.2 Å². The van der Waals surface area contributed by atoms with Crippen molar-refractivity contribution in [1.29, 1.82) is 0 Å². The molecular formula is C30H37N5O3. The molecule has 8 nitrogen and oxygen atoms in total. The average molecular weight is 516 g/mol. The zero-order chi connectivity index (χ0) is 27.1. The minimum atomic E-state index is -0.250. The van der Waals surface area contributed by atoms with Crippen molar-refractivity contribution in [2.24, 2.45) is 5.92 Å². The van der Waals surface area contributed by atoms with E-state index in [0.29, 0.717) is 45.0 Å². The van der Waals surface area contributed by atoms with E-state index in [2.05, 4.69) is 5.10 Å². The van der Waals surface area contributed by atoms with Gasteiger partial charge in [-0.25, -0.2) is 0 Å². The van der Waals surface area contributed by atoms with Gasteiger partial charge >= 0.3 is 0 Å². The minimum Gasteiger partial charge on any atom is -0.341 e. The highest BCUT2D eigenvalue weighted by atomic mass is 16.2. The topological polar surface area (TPSA) is 78.8 Å². The van der Waals surface area contributed by atoms with Crippen molar-refractivity contribution < 1.29 is 14.4 Å². The Balaban J connectivity index is 1.44. The summed E-state index contributed by atoms with van der Waals surface area (Å²) in [7, 11) is 1.78. The van der Waals surface area contributed by atoms with Crippen molar-refractivity contribution >= 4 is 17.7 Å². The quantitative estimate of drug-likeness (QED) is 0.408. The van der Waals surface area contributed by atoms with E-state index in [4.69, 9.17) is 0 Å². The number of nitrogens with zero attached hydrogens (tertiary/aromatic N) is 5. The van der Waals surface area contributed by atoms with Crippen molar-refractivity contribution in [1.82, 2.24) is 24.5 Å². The third-order valence-corrected chi connectivity index (χ3v) is 6.68. The van der Waals surface area contributed by atoms with Gasteiger partial charge in [-0.3, -0.25) is 19.1 Å². The molecule has 3 aromatic rings. The summed E-state index contributed by atoms with van der Waals surface area (Å²) in [4.78, 5) is 44.9. The molecule has 0 fully saturated rings. The molecule has 1 aromatic heterocycles. The van der Waals surface area contributed by atoms with Crippen LogP contribution in [0.25, 0.3) is 0 Å². The van der Waals surface area contributed by atoms with Crippen LogP contribution in [-0.2, 0) is 24.4 Å². The van der Waals surface area contributed by atoms with Crippen LogP contribution >= 0.6 is 0 Å². The molecule has 200 valence electrons. The van der Waals surface area contributed by atoms with Gasteiger partial charge in [0.05, 0.1) is 0 Å². The first kappa shape index (κ1) is 27.1. The summed E-state index contributed by atoms with van der Waals surface area (Å²) >= 11 is 0. The molecule has 0 radical (unpaired) electrons. The lowest BCUT2D eigenvalue weighted by Gasteiger charge is -2.25. The molecule has 0 spiro atoms. The predicted octanol–water partition coefficient (Wildman–Crippen LogP) is 4.08. The standard InChI is InChI=1S/C30H37N5O3/c1-23(2)20-34(18-15-28(36)32(3)21-24-11-6-4-7-12-24)29(37)26-19-27-30(38)33(16-10-17-35(27)31-26)22-25-13-8-5-9-14-25/h4-9,11-14,19,23H,10,15-18,20-22H2,1-3H3. The molecule has 0 atom stereocenters.